The Balaban J connectivity index is 1.49. The van der Waals surface area contributed by atoms with E-state index in [-0.39, 0.29) is 36.0 Å². The van der Waals surface area contributed by atoms with Crippen molar-refractivity contribution in [2.75, 3.05) is 18.4 Å². The molecule has 2 N–H and O–H groups in total. The molecule has 2 aromatic rings. The summed E-state index contributed by atoms with van der Waals surface area (Å²) in [5.74, 6) is -0.710. The highest BCUT2D eigenvalue weighted by Crippen LogP contribution is 2.17. The fourth-order valence-electron chi connectivity index (χ4n) is 3.41. The molecule has 1 aliphatic rings. The van der Waals surface area contributed by atoms with Gasteiger partial charge in [-0.3, -0.25) is 14.4 Å². The number of rotatable bonds is 5. The average Bonchev–Trinajstić information content (AvgIpc) is 2.69. The van der Waals surface area contributed by atoms with Crippen molar-refractivity contribution in [2.45, 2.75) is 32.2 Å². The quantitative estimate of drug-likeness (QED) is 0.814. The Kier molecular flexibility index (Phi) is 6.59. The van der Waals surface area contributed by atoms with E-state index in [0.29, 0.717) is 37.2 Å². The molecule has 1 fully saturated rings. The Morgan fingerprint density at radius 1 is 1.07 bits per heavy atom. The monoisotopic (exact) mass is 397 g/mol. The van der Waals surface area contributed by atoms with Crippen molar-refractivity contribution >= 4 is 23.4 Å². The van der Waals surface area contributed by atoms with E-state index in [1.54, 1.807) is 41.3 Å². The summed E-state index contributed by atoms with van der Waals surface area (Å²) in [5.41, 5.74) is 1.87. The predicted octanol–water partition coefficient (Wildman–Crippen LogP) is 2.75. The number of hydrogen-bond donors (Lipinski definition) is 2. The van der Waals surface area contributed by atoms with E-state index < -0.39 is 0 Å². The van der Waals surface area contributed by atoms with E-state index in [1.165, 1.54) is 19.1 Å². The fraction of sp³-hybridized carbons (Fsp3) is 0.318. The predicted molar refractivity (Wildman–Crippen MR) is 108 cm³/mol. The second kappa shape index (κ2) is 9.32. The first-order valence-corrected chi connectivity index (χ1v) is 9.61. The standard InChI is InChI=1S/C22H24FN3O3/c1-15(27)24-20-4-2-3-17(14-20)22(29)26-11-9-19(10-12-26)25-21(28)13-16-5-7-18(23)8-6-16/h2-8,14,19H,9-13H2,1H3,(H,24,27)(H,25,28). The second-order valence-electron chi connectivity index (χ2n) is 7.20. The molecule has 0 aromatic heterocycles. The molecule has 2 aromatic carbocycles. The molecule has 3 rings (SSSR count). The van der Waals surface area contributed by atoms with E-state index >= 15 is 0 Å². The van der Waals surface area contributed by atoms with Gasteiger partial charge in [-0.2, -0.15) is 0 Å². The summed E-state index contributed by atoms with van der Waals surface area (Å²) in [4.78, 5) is 37.9. The lowest BCUT2D eigenvalue weighted by atomic mass is 10.0. The van der Waals surface area contributed by atoms with Crippen molar-refractivity contribution in [3.8, 4) is 0 Å². The zero-order valence-electron chi connectivity index (χ0n) is 16.3. The number of anilines is 1. The summed E-state index contributed by atoms with van der Waals surface area (Å²) in [6.45, 7) is 2.51. The number of hydrogen-bond acceptors (Lipinski definition) is 3. The molecule has 29 heavy (non-hydrogen) atoms. The number of carbonyl (C=O) groups is 3. The maximum absolute atomic E-state index is 12.9. The van der Waals surface area contributed by atoms with Crippen LogP contribution < -0.4 is 10.6 Å². The van der Waals surface area contributed by atoms with Crippen molar-refractivity contribution in [1.82, 2.24) is 10.2 Å². The molecule has 3 amide bonds. The zero-order valence-corrected chi connectivity index (χ0v) is 16.3. The number of benzene rings is 2. The SMILES string of the molecule is CC(=O)Nc1cccc(C(=O)N2CCC(NC(=O)Cc3ccc(F)cc3)CC2)c1. The lowest BCUT2D eigenvalue weighted by Gasteiger charge is -2.32. The first-order valence-electron chi connectivity index (χ1n) is 9.61. The van der Waals surface area contributed by atoms with Gasteiger partial charge in [0.1, 0.15) is 5.82 Å². The van der Waals surface area contributed by atoms with Gasteiger partial charge in [-0.1, -0.05) is 18.2 Å². The Morgan fingerprint density at radius 2 is 1.76 bits per heavy atom. The van der Waals surface area contributed by atoms with Gasteiger partial charge in [-0.05, 0) is 48.7 Å². The number of likely N-dealkylation sites (tertiary alicyclic amines) is 1. The number of carbonyl (C=O) groups excluding carboxylic acids is 3. The Labute approximate surface area is 169 Å². The highest BCUT2D eigenvalue weighted by Gasteiger charge is 2.24. The molecule has 0 radical (unpaired) electrons. The van der Waals surface area contributed by atoms with Crippen LogP contribution in [-0.2, 0) is 16.0 Å². The number of nitrogens with zero attached hydrogens (tertiary/aromatic N) is 1. The summed E-state index contributed by atoms with van der Waals surface area (Å²) in [6, 6.07) is 12.8. The smallest absolute Gasteiger partial charge is 0.253 e. The van der Waals surface area contributed by atoms with Crippen LogP contribution in [0.15, 0.2) is 48.5 Å². The summed E-state index contributed by atoms with van der Waals surface area (Å²) >= 11 is 0. The third-order valence-corrected chi connectivity index (χ3v) is 4.86. The van der Waals surface area contributed by atoms with Gasteiger partial charge in [0.15, 0.2) is 0 Å². The molecule has 1 heterocycles. The first kappa shape index (κ1) is 20.5. The molecule has 0 aliphatic carbocycles. The van der Waals surface area contributed by atoms with Crippen LogP contribution >= 0.6 is 0 Å². The summed E-state index contributed by atoms with van der Waals surface area (Å²) in [5, 5.41) is 5.67. The topological polar surface area (TPSA) is 78.5 Å². The van der Waals surface area contributed by atoms with Crippen LogP contribution in [0.3, 0.4) is 0 Å². The van der Waals surface area contributed by atoms with E-state index in [9.17, 15) is 18.8 Å². The molecule has 1 aliphatic heterocycles. The number of amides is 3. The van der Waals surface area contributed by atoms with Crippen LogP contribution in [0, 0.1) is 5.82 Å². The van der Waals surface area contributed by atoms with Gasteiger partial charge in [0, 0.05) is 37.3 Å². The van der Waals surface area contributed by atoms with E-state index in [4.69, 9.17) is 0 Å². The Morgan fingerprint density at radius 3 is 2.41 bits per heavy atom. The summed E-state index contributed by atoms with van der Waals surface area (Å²) in [6.07, 6.45) is 1.55. The number of halogens is 1. The Bertz CT molecular complexity index is 890. The number of piperidine rings is 1. The lowest BCUT2D eigenvalue weighted by Crippen LogP contribution is -2.46. The normalized spacial score (nSPS) is 14.3. The molecular weight excluding hydrogens is 373 g/mol. The zero-order chi connectivity index (χ0) is 20.8. The van der Waals surface area contributed by atoms with Crippen molar-refractivity contribution < 1.29 is 18.8 Å². The van der Waals surface area contributed by atoms with Crippen molar-refractivity contribution in [2.24, 2.45) is 0 Å². The molecule has 1 saturated heterocycles. The summed E-state index contributed by atoms with van der Waals surface area (Å²) < 4.78 is 12.9. The Hall–Kier alpha value is -3.22. The molecule has 7 heteroatoms. The third kappa shape index (κ3) is 5.88. The molecule has 0 bridgehead atoms. The molecule has 0 unspecified atom stereocenters. The molecule has 6 nitrogen and oxygen atoms in total. The van der Waals surface area contributed by atoms with Gasteiger partial charge >= 0.3 is 0 Å². The molecule has 152 valence electrons. The maximum atomic E-state index is 12.9. The largest absolute Gasteiger partial charge is 0.353 e. The van der Waals surface area contributed by atoms with Gasteiger partial charge in [0.05, 0.1) is 6.42 Å². The van der Waals surface area contributed by atoms with E-state index in [1.807, 2.05) is 0 Å². The van der Waals surface area contributed by atoms with Gasteiger partial charge < -0.3 is 15.5 Å². The maximum Gasteiger partial charge on any atom is 0.253 e. The summed E-state index contributed by atoms with van der Waals surface area (Å²) in [7, 11) is 0. The minimum atomic E-state index is -0.325. The minimum absolute atomic E-state index is 0.0118. The van der Waals surface area contributed by atoms with Crippen LogP contribution in [0.25, 0.3) is 0 Å². The number of nitrogens with one attached hydrogen (secondary N) is 2. The van der Waals surface area contributed by atoms with Gasteiger partial charge in [-0.15, -0.1) is 0 Å². The highest BCUT2D eigenvalue weighted by molar-refractivity contribution is 5.96. The van der Waals surface area contributed by atoms with Crippen molar-refractivity contribution in [3.05, 3.63) is 65.5 Å². The van der Waals surface area contributed by atoms with Gasteiger partial charge in [0.25, 0.3) is 5.91 Å². The average molecular weight is 397 g/mol. The fourth-order valence-corrected chi connectivity index (χ4v) is 3.41. The first-order chi connectivity index (χ1) is 13.9. The molecule has 0 atom stereocenters. The van der Waals surface area contributed by atoms with Crippen LogP contribution in [0.2, 0.25) is 0 Å². The molecule has 0 spiro atoms. The van der Waals surface area contributed by atoms with Crippen molar-refractivity contribution in [3.63, 3.8) is 0 Å². The molecule has 0 saturated carbocycles. The molecular formula is C22H24FN3O3. The minimum Gasteiger partial charge on any atom is -0.353 e. The highest BCUT2D eigenvalue weighted by atomic mass is 19.1. The van der Waals surface area contributed by atoms with Crippen LogP contribution in [0.1, 0.15) is 35.7 Å². The third-order valence-electron chi connectivity index (χ3n) is 4.86. The van der Waals surface area contributed by atoms with E-state index in [2.05, 4.69) is 10.6 Å². The van der Waals surface area contributed by atoms with Crippen LogP contribution in [-0.4, -0.2) is 41.8 Å². The van der Waals surface area contributed by atoms with Crippen LogP contribution in [0.5, 0.6) is 0 Å². The second-order valence-corrected chi connectivity index (χ2v) is 7.20. The van der Waals surface area contributed by atoms with Crippen molar-refractivity contribution in [1.29, 1.82) is 0 Å². The van der Waals surface area contributed by atoms with E-state index in [0.717, 1.165) is 5.56 Å². The lowest BCUT2D eigenvalue weighted by molar-refractivity contribution is -0.121. The van der Waals surface area contributed by atoms with Gasteiger partial charge in [0.2, 0.25) is 11.8 Å². The van der Waals surface area contributed by atoms with Gasteiger partial charge in [-0.25, -0.2) is 4.39 Å². The van der Waals surface area contributed by atoms with Crippen LogP contribution in [0.4, 0.5) is 10.1 Å².